The van der Waals surface area contributed by atoms with Crippen LogP contribution in [0.3, 0.4) is 0 Å². The van der Waals surface area contributed by atoms with Gasteiger partial charge in [0.15, 0.2) is 12.3 Å². The topological polar surface area (TPSA) is 12.2 Å². The highest BCUT2D eigenvalue weighted by molar-refractivity contribution is 5.78. The van der Waals surface area contributed by atoms with E-state index in [1.165, 1.54) is 42.4 Å². The van der Waals surface area contributed by atoms with Gasteiger partial charge in [0.25, 0.3) is 0 Å². The Hall–Kier alpha value is -1.93. The van der Waals surface area contributed by atoms with Crippen LogP contribution in [0.25, 0.3) is 0 Å². The molecule has 0 unspecified atom stereocenters. The van der Waals surface area contributed by atoms with Crippen molar-refractivity contribution < 1.29 is 9.31 Å². The van der Waals surface area contributed by atoms with E-state index in [0.29, 0.717) is 12.1 Å². The van der Waals surface area contributed by atoms with E-state index in [4.69, 9.17) is 4.74 Å². The lowest BCUT2D eigenvalue weighted by molar-refractivity contribution is -0.577. The summed E-state index contributed by atoms with van der Waals surface area (Å²) in [5.41, 5.74) is 4.14. The molecule has 0 spiro atoms. The molecule has 1 heterocycles. The summed E-state index contributed by atoms with van der Waals surface area (Å²) in [4.78, 5) is 0. The fourth-order valence-electron chi connectivity index (χ4n) is 4.07. The van der Waals surface area contributed by atoms with Crippen molar-refractivity contribution in [2.24, 2.45) is 0 Å². The van der Waals surface area contributed by atoms with Gasteiger partial charge in [-0.3, -0.25) is 0 Å². The third-order valence-electron chi connectivity index (χ3n) is 5.40. The minimum atomic E-state index is 0.348. The van der Waals surface area contributed by atoms with E-state index in [-0.39, 0.29) is 0 Å². The van der Waals surface area contributed by atoms with Gasteiger partial charge in [0, 0.05) is 18.4 Å². The van der Waals surface area contributed by atoms with Crippen LogP contribution in [-0.4, -0.2) is 29.5 Å². The Balaban J connectivity index is 1.49. The molecule has 0 saturated heterocycles. The number of ether oxygens (including phenoxy) is 1. The summed E-state index contributed by atoms with van der Waals surface area (Å²) in [6, 6.07) is 19.9. The van der Waals surface area contributed by atoms with Crippen LogP contribution in [0.15, 0.2) is 54.6 Å². The minimum absolute atomic E-state index is 0.348. The molecule has 0 amide bonds. The molecule has 0 radical (unpaired) electrons. The highest BCUT2D eigenvalue weighted by Crippen LogP contribution is 2.26. The van der Waals surface area contributed by atoms with Crippen molar-refractivity contribution in [2.45, 2.75) is 50.9 Å². The van der Waals surface area contributed by atoms with Gasteiger partial charge < -0.3 is 4.74 Å². The summed E-state index contributed by atoms with van der Waals surface area (Å²) in [6.07, 6.45) is 8.91. The zero-order chi connectivity index (χ0) is 16.2. The van der Waals surface area contributed by atoms with Crippen LogP contribution in [0.5, 0.6) is 0 Å². The lowest BCUT2D eigenvalue weighted by Gasteiger charge is -2.30. The van der Waals surface area contributed by atoms with Gasteiger partial charge in [-0.1, -0.05) is 55.0 Å². The molecule has 4 rings (SSSR count). The van der Waals surface area contributed by atoms with Crippen molar-refractivity contribution in [2.75, 3.05) is 6.54 Å². The number of hydrogen-bond acceptors (Lipinski definition) is 1. The van der Waals surface area contributed by atoms with Gasteiger partial charge in [0.1, 0.15) is 12.6 Å². The van der Waals surface area contributed by atoms with Crippen molar-refractivity contribution >= 4 is 6.21 Å². The fraction of sp³-hybridized carbons (Fsp3) is 0.409. The predicted molar refractivity (Wildman–Crippen MR) is 97.7 cm³/mol. The molecule has 1 aliphatic carbocycles. The SMILES string of the molecule is C1=[N+]([C@H]2CCCC[C@@H]2OCc2ccccc2)CCc2ccccc21. The maximum absolute atomic E-state index is 6.36. The molecule has 2 aromatic carbocycles. The van der Waals surface area contributed by atoms with E-state index in [9.17, 15) is 0 Å². The molecule has 2 aromatic rings. The summed E-state index contributed by atoms with van der Waals surface area (Å²) < 4.78 is 8.91. The Labute approximate surface area is 144 Å². The molecule has 1 fully saturated rings. The molecule has 2 heteroatoms. The Bertz CT molecular complexity index is 707. The number of fused-ring (bicyclic) bond motifs is 1. The molecule has 2 nitrogen and oxygen atoms in total. The second-order valence-electron chi connectivity index (χ2n) is 7.00. The number of hydrogen-bond donors (Lipinski definition) is 0. The maximum atomic E-state index is 6.36. The first-order valence-electron chi connectivity index (χ1n) is 9.24. The first-order chi connectivity index (χ1) is 11.9. The fourth-order valence-corrected chi connectivity index (χ4v) is 4.07. The van der Waals surface area contributed by atoms with Crippen LogP contribution in [0.2, 0.25) is 0 Å². The summed E-state index contributed by atoms with van der Waals surface area (Å²) in [6.45, 7) is 1.85. The van der Waals surface area contributed by atoms with Gasteiger partial charge >= 0.3 is 0 Å². The molecule has 2 aliphatic rings. The summed E-state index contributed by atoms with van der Waals surface area (Å²) >= 11 is 0. The second-order valence-corrected chi connectivity index (χ2v) is 7.00. The molecular weight excluding hydrogens is 294 g/mol. The minimum Gasteiger partial charge on any atom is -0.367 e. The maximum Gasteiger partial charge on any atom is 0.178 e. The lowest BCUT2D eigenvalue weighted by Crippen LogP contribution is -2.44. The van der Waals surface area contributed by atoms with Crippen molar-refractivity contribution in [1.82, 2.24) is 0 Å². The average Bonchev–Trinajstić information content (AvgIpc) is 2.67. The first kappa shape index (κ1) is 15.6. The molecule has 24 heavy (non-hydrogen) atoms. The molecule has 1 aliphatic heterocycles. The van der Waals surface area contributed by atoms with Gasteiger partial charge in [0.05, 0.1) is 6.61 Å². The van der Waals surface area contributed by atoms with Crippen LogP contribution < -0.4 is 0 Å². The van der Waals surface area contributed by atoms with E-state index in [2.05, 4.69) is 65.4 Å². The molecule has 124 valence electrons. The van der Waals surface area contributed by atoms with E-state index in [0.717, 1.165) is 19.6 Å². The Morgan fingerprint density at radius 1 is 0.917 bits per heavy atom. The van der Waals surface area contributed by atoms with Crippen molar-refractivity contribution in [3.05, 3.63) is 71.3 Å². The molecule has 0 bridgehead atoms. The van der Waals surface area contributed by atoms with Crippen LogP contribution in [0.4, 0.5) is 0 Å². The number of nitrogens with zero attached hydrogens (tertiary/aromatic N) is 1. The molecule has 0 aromatic heterocycles. The van der Waals surface area contributed by atoms with Crippen molar-refractivity contribution in [3.8, 4) is 0 Å². The summed E-state index contributed by atoms with van der Waals surface area (Å²) in [7, 11) is 0. The zero-order valence-corrected chi connectivity index (χ0v) is 14.2. The standard InChI is InChI=1S/C22H26NO/c1-2-8-18(9-3-1)17-24-22-13-7-6-12-21(22)23-15-14-19-10-4-5-11-20(19)16-23/h1-5,8-11,16,21-22H,6-7,12-15,17H2/q+1/t21-,22-/m0/s1. The van der Waals surface area contributed by atoms with Crippen LogP contribution in [0, 0.1) is 0 Å². The Morgan fingerprint density at radius 2 is 1.71 bits per heavy atom. The molecule has 0 N–H and O–H groups in total. The lowest BCUT2D eigenvalue weighted by atomic mass is 9.90. The van der Waals surface area contributed by atoms with Crippen molar-refractivity contribution in [1.29, 1.82) is 0 Å². The molecular formula is C22H26NO+. The summed E-state index contributed by atoms with van der Waals surface area (Å²) in [5, 5.41) is 0. The predicted octanol–water partition coefficient (Wildman–Crippen LogP) is 4.20. The highest BCUT2D eigenvalue weighted by atomic mass is 16.5. The van der Waals surface area contributed by atoms with Crippen LogP contribution in [0.1, 0.15) is 42.4 Å². The van der Waals surface area contributed by atoms with E-state index in [1.807, 2.05) is 0 Å². The smallest absolute Gasteiger partial charge is 0.178 e. The van der Waals surface area contributed by atoms with Gasteiger partial charge in [-0.2, -0.15) is 0 Å². The van der Waals surface area contributed by atoms with E-state index in [1.54, 1.807) is 0 Å². The number of rotatable bonds is 4. The van der Waals surface area contributed by atoms with Crippen LogP contribution in [-0.2, 0) is 17.8 Å². The number of benzene rings is 2. The quantitative estimate of drug-likeness (QED) is 0.769. The monoisotopic (exact) mass is 320 g/mol. The third-order valence-corrected chi connectivity index (χ3v) is 5.40. The first-order valence-corrected chi connectivity index (χ1v) is 9.24. The van der Waals surface area contributed by atoms with Gasteiger partial charge in [0.2, 0.25) is 0 Å². The Kier molecular flexibility index (Phi) is 4.75. The third kappa shape index (κ3) is 3.44. The second kappa shape index (κ2) is 7.31. The van der Waals surface area contributed by atoms with E-state index < -0.39 is 0 Å². The molecule has 1 saturated carbocycles. The van der Waals surface area contributed by atoms with E-state index >= 15 is 0 Å². The average molecular weight is 320 g/mol. The Morgan fingerprint density at radius 3 is 2.62 bits per heavy atom. The largest absolute Gasteiger partial charge is 0.367 e. The van der Waals surface area contributed by atoms with Crippen LogP contribution >= 0.6 is 0 Å². The van der Waals surface area contributed by atoms with Gasteiger partial charge in [-0.05, 0) is 30.0 Å². The van der Waals surface area contributed by atoms with Crippen molar-refractivity contribution in [3.63, 3.8) is 0 Å². The van der Waals surface area contributed by atoms with Gasteiger partial charge in [-0.25, -0.2) is 4.58 Å². The highest BCUT2D eigenvalue weighted by Gasteiger charge is 2.35. The van der Waals surface area contributed by atoms with Gasteiger partial charge in [-0.15, -0.1) is 0 Å². The normalized spacial score (nSPS) is 23.4. The molecule has 2 atom stereocenters. The summed E-state index contributed by atoms with van der Waals surface area (Å²) in [5.74, 6) is 0. The zero-order valence-electron chi connectivity index (χ0n) is 14.2.